The molecule has 0 aliphatic heterocycles. The van der Waals surface area contributed by atoms with Crippen molar-refractivity contribution in [2.24, 2.45) is 0 Å². The van der Waals surface area contributed by atoms with E-state index in [0.29, 0.717) is 196 Å². The quantitative estimate of drug-likeness (QED) is 0.0584. The number of para-hydroxylation sites is 2. The number of anilines is 1. The molecule has 0 saturated heterocycles. The molecule has 0 bridgehead atoms. The largest absolute Gasteiger partial charge is 0.489 e. The lowest BCUT2D eigenvalue weighted by Crippen LogP contribution is -2.27. The van der Waals surface area contributed by atoms with Crippen LogP contribution in [0, 0.1) is 0 Å². The molecule has 0 fully saturated rings. The standard InChI is InChI=1S/C48H72N2O15/c49-46-12-5-6-13-47(46)64-39-38-63-37-36-62-35-34-61-33-32-60-31-30-59-29-28-58-27-26-57-25-24-56-23-22-55-21-20-54-19-18-53-17-16-52-15-7-14-50-48(51)65-40-45-43-10-3-1-8-41(43)42-9-2-4-11-44(42)45/h1-6,8-13,45H,7,14-40,49H2,(H,50,51). The molecule has 0 heterocycles. The lowest BCUT2D eigenvalue weighted by atomic mass is 9.98. The van der Waals surface area contributed by atoms with Crippen molar-refractivity contribution in [1.82, 2.24) is 5.32 Å². The minimum atomic E-state index is -0.418. The van der Waals surface area contributed by atoms with Crippen molar-refractivity contribution in [2.45, 2.75) is 12.3 Å². The minimum Gasteiger partial charge on any atom is -0.489 e. The highest BCUT2D eigenvalue weighted by atomic mass is 16.6. The molecule has 17 heteroatoms. The molecule has 17 nitrogen and oxygen atoms in total. The number of rotatable bonds is 43. The number of alkyl carbamates (subject to hydrolysis) is 1. The van der Waals surface area contributed by atoms with Crippen LogP contribution < -0.4 is 15.8 Å². The van der Waals surface area contributed by atoms with Gasteiger partial charge in [0, 0.05) is 19.1 Å². The molecule has 3 aromatic rings. The Morgan fingerprint density at radius 3 is 1.12 bits per heavy atom. The number of nitrogen functional groups attached to an aromatic ring is 1. The molecule has 0 saturated carbocycles. The Morgan fingerprint density at radius 1 is 0.415 bits per heavy atom. The van der Waals surface area contributed by atoms with Crippen LogP contribution in [-0.2, 0) is 61.6 Å². The van der Waals surface area contributed by atoms with Crippen molar-refractivity contribution in [1.29, 1.82) is 0 Å². The van der Waals surface area contributed by atoms with E-state index >= 15 is 0 Å². The number of carbonyl (C=O) groups excluding carboxylic acids is 1. The number of hydrogen-bond donors (Lipinski definition) is 2. The zero-order valence-corrected chi connectivity index (χ0v) is 38.0. The van der Waals surface area contributed by atoms with Gasteiger partial charge in [0.2, 0.25) is 0 Å². The number of amides is 1. The van der Waals surface area contributed by atoms with Crippen molar-refractivity contribution in [3.05, 3.63) is 83.9 Å². The highest BCUT2D eigenvalue weighted by molar-refractivity contribution is 5.79. The van der Waals surface area contributed by atoms with Crippen LogP contribution in [0.5, 0.6) is 5.75 Å². The first-order chi connectivity index (χ1) is 32.2. The molecule has 364 valence electrons. The third-order valence-electron chi connectivity index (χ3n) is 9.57. The molecular formula is C48H72N2O15. The Labute approximate surface area is 384 Å². The first kappa shape index (κ1) is 53.7. The van der Waals surface area contributed by atoms with Crippen molar-refractivity contribution >= 4 is 11.8 Å². The van der Waals surface area contributed by atoms with Gasteiger partial charge in [-0.25, -0.2) is 4.79 Å². The fraction of sp³-hybridized carbons (Fsp3) is 0.604. The summed E-state index contributed by atoms with van der Waals surface area (Å²) in [5, 5.41) is 2.81. The van der Waals surface area contributed by atoms with Crippen molar-refractivity contribution in [3.63, 3.8) is 0 Å². The number of benzene rings is 3. The molecule has 1 aliphatic carbocycles. The van der Waals surface area contributed by atoms with Crippen molar-refractivity contribution in [2.75, 3.05) is 184 Å². The highest BCUT2D eigenvalue weighted by Gasteiger charge is 2.29. The van der Waals surface area contributed by atoms with E-state index in [1.54, 1.807) is 6.07 Å². The summed E-state index contributed by atoms with van der Waals surface area (Å²) in [5.74, 6) is 0.709. The number of fused-ring (bicyclic) bond motifs is 3. The number of ether oxygens (including phenoxy) is 14. The molecule has 0 radical (unpaired) electrons. The average Bonchev–Trinajstić information content (AvgIpc) is 3.65. The Balaban J connectivity index is 0.750. The van der Waals surface area contributed by atoms with Crippen LogP contribution in [0.2, 0.25) is 0 Å². The van der Waals surface area contributed by atoms with Gasteiger partial charge in [0.1, 0.15) is 19.0 Å². The summed E-state index contributed by atoms with van der Waals surface area (Å²) < 4.78 is 77.4. The lowest BCUT2D eigenvalue weighted by molar-refractivity contribution is -0.0285. The van der Waals surface area contributed by atoms with Crippen molar-refractivity contribution in [3.8, 4) is 16.9 Å². The Bertz CT molecular complexity index is 1580. The summed E-state index contributed by atoms with van der Waals surface area (Å²) >= 11 is 0. The smallest absolute Gasteiger partial charge is 0.407 e. The van der Waals surface area contributed by atoms with Crippen LogP contribution in [0.3, 0.4) is 0 Å². The van der Waals surface area contributed by atoms with Gasteiger partial charge in [-0.2, -0.15) is 0 Å². The van der Waals surface area contributed by atoms with Gasteiger partial charge in [-0.15, -0.1) is 0 Å². The molecule has 65 heavy (non-hydrogen) atoms. The number of nitrogens with one attached hydrogen (secondary N) is 1. The average molecular weight is 917 g/mol. The van der Waals surface area contributed by atoms with Crippen molar-refractivity contribution < 1.29 is 71.1 Å². The summed E-state index contributed by atoms with van der Waals surface area (Å²) in [6.07, 6.45) is 0.262. The molecule has 0 aromatic heterocycles. The second-order valence-electron chi connectivity index (χ2n) is 14.3. The van der Waals surface area contributed by atoms with Gasteiger partial charge in [0.05, 0.1) is 158 Å². The van der Waals surface area contributed by atoms with Crippen LogP contribution in [0.4, 0.5) is 10.5 Å². The predicted molar refractivity (Wildman–Crippen MR) is 244 cm³/mol. The van der Waals surface area contributed by atoms with E-state index in [2.05, 4.69) is 29.6 Å². The maximum absolute atomic E-state index is 12.3. The summed E-state index contributed by atoms with van der Waals surface area (Å²) in [4.78, 5) is 12.3. The van der Waals surface area contributed by atoms with E-state index in [1.807, 2.05) is 42.5 Å². The molecule has 0 unspecified atom stereocenters. The monoisotopic (exact) mass is 916 g/mol. The van der Waals surface area contributed by atoms with Crippen LogP contribution in [0.15, 0.2) is 72.8 Å². The zero-order chi connectivity index (χ0) is 45.5. The Kier molecular flexibility index (Phi) is 30.7. The van der Waals surface area contributed by atoms with E-state index in [0.717, 1.165) is 0 Å². The molecule has 1 amide bonds. The minimum absolute atomic E-state index is 0.0453. The maximum Gasteiger partial charge on any atom is 0.407 e. The van der Waals surface area contributed by atoms with E-state index < -0.39 is 6.09 Å². The van der Waals surface area contributed by atoms with E-state index in [-0.39, 0.29) is 5.92 Å². The Hall–Kier alpha value is -3.95. The van der Waals surface area contributed by atoms with Gasteiger partial charge >= 0.3 is 6.09 Å². The third-order valence-corrected chi connectivity index (χ3v) is 9.57. The second-order valence-corrected chi connectivity index (χ2v) is 14.3. The maximum atomic E-state index is 12.3. The third kappa shape index (κ3) is 25.0. The zero-order valence-electron chi connectivity index (χ0n) is 38.0. The highest BCUT2D eigenvalue weighted by Crippen LogP contribution is 2.44. The second kappa shape index (κ2) is 37.2. The molecule has 3 aromatic carbocycles. The fourth-order valence-corrected chi connectivity index (χ4v) is 6.36. The fourth-order valence-electron chi connectivity index (χ4n) is 6.36. The van der Waals surface area contributed by atoms with E-state index in [9.17, 15) is 4.79 Å². The number of carbonyl (C=O) groups is 1. The first-order valence-corrected chi connectivity index (χ1v) is 22.7. The molecule has 3 N–H and O–H groups in total. The van der Waals surface area contributed by atoms with Crippen LogP contribution >= 0.6 is 0 Å². The Morgan fingerprint density at radius 2 is 0.738 bits per heavy atom. The summed E-state index contributed by atoms with van der Waals surface area (Å²) in [5.41, 5.74) is 11.2. The summed E-state index contributed by atoms with van der Waals surface area (Å²) in [7, 11) is 0. The summed E-state index contributed by atoms with van der Waals surface area (Å²) in [6, 6.07) is 23.9. The van der Waals surface area contributed by atoms with Gasteiger partial charge in [0.25, 0.3) is 0 Å². The van der Waals surface area contributed by atoms with Gasteiger partial charge in [-0.3, -0.25) is 0 Å². The molecule has 0 atom stereocenters. The number of hydrogen-bond acceptors (Lipinski definition) is 16. The molecule has 4 rings (SSSR count). The predicted octanol–water partition coefficient (Wildman–Crippen LogP) is 4.78. The molecule has 1 aliphatic rings. The normalized spacial score (nSPS) is 12.1. The topological polar surface area (TPSA) is 184 Å². The first-order valence-electron chi connectivity index (χ1n) is 22.7. The van der Waals surface area contributed by atoms with Gasteiger partial charge in [0.15, 0.2) is 0 Å². The molecule has 0 spiro atoms. The van der Waals surface area contributed by atoms with Crippen LogP contribution in [0.25, 0.3) is 11.1 Å². The van der Waals surface area contributed by atoms with Gasteiger partial charge in [-0.1, -0.05) is 60.7 Å². The van der Waals surface area contributed by atoms with Gasteiger partial charge in [-0.05, 0) is 40.8 Å². The van der Waals surface area contributed by atoms with E-state index in [1.165, 1.54) is 22.3 Å². The SMILES string of the molecule is Nc1ccccc1OCCOCCOCCOCCOCCOCCOCCOCCOCCOCCOCCOCCOCCCNC(=O)OCC1c2ccccc2-c2ccccc21. The van der Waals surface area contributed by atoms with E-state index in [4.69, 9.17) is 72.0 Å². The van der Waals surface area contributed by atoms with Crippen LogP contribution in [0.1, 0.15) is 23.5 Å². The van der Waals surface area contributed by atoms with Crippen LogP contribution in [-0.4, -0.2) is 184 Å². The molecular weight excluding hydrogens is 845 g/mol. The van der Waals surface area contributed by atoms with Gasteiger partial charge < -0.3 is 77.4 Å². The number of nitrogens with two attached hydrogens (primary N) is 1. The summed E-state index contributed by atoms with van der Waals surface area (Å²) in [6.45, 7) is 12.9. The lowest BCUT2D eigenvalue weighted by Gasteiger charge is -2.14.